The van der Waals surface area contributed by atoms with E-state index >= 15 is 0 Å². The van der Waals surface area contributed by atoms with Gasteiger partial charge in [-0.2, -0.15) is 0 Å². The maximum absolute atomic E-state index is 12.6. The lowest BCUT2D eigenvalue weighted by Crippen LogP contribution is -2.48. The molecular weight excluding hydrogens is 364 g/mol. The van der Waals surface area contributed by atoms with Crippen molar-refractivity contribution >= 4 is 17.4 Å². The number of nitrogens with one attached hydrogen (secondary N) is 1. The molecule has 0 atom stereocenters. The van der Waals surface area contributed by atoms with Crippen molar-refractivity contribution in [2.45, 2.75) is 44.9 Å². The maximum Gasteiger partial charge on any atom is 0.220 e. The molecule has 29 heavy (non-hydrogen) atoms. The van der Waals surface area contributed by atoms with E-state index in [-0.39, 0.29) is 23.7 Å². The third kappa shape index (κ3) is 4.07. The van der Waals surface area contributed by atoms with Crippen molar-refractivity contribution in [3.8, 4) is 0 Å². The van der Waals surface area contributed by atoms with Gasteiger partial charge in [0.15, 0.2) is 5.78 Å². The Bertz CT molecular complexity index is 732. The first-order valence-electron chi connectivity index (χ1n) is 11.3. The lowest BCUT2D eigenvalue weighted by atomic mass is 9.49. The van der Waals surface area contributed by atoms with Gasteiger partial charge in [0.2, 0.25) is 5.91 Å². The first-order valence-corrected chi connectivity index (χ1v) is 11.3. The molecule has 5 aliphatic rings. The standard InChI is InChI=1S/C24H32N2O3/c27-22(20-1-3-21(4-2-20)26-5-7-29-8-6-26)16-25-23(28)15-24-12-17-9-18(13-24)11-19(10-17)14-24/h1-4,17-19H,5-16H2,(H,25,28). The van der Waals surface area contributed by atoms with E-state index in [0.717, 1.165) is 49.7 Å². The summed E-state index contributed by atoms with van der Waals surface area (Å²) in [7, 11) is 0. The number of nitrogens with zero attached hydrogens (tertiary/aromatic N) is 1. The van der Waals surface area contributed by atoms with Crippen LogP contribution in [-0.4, -0.2) is 44.5 Å². The van der Waals surface area contributed by atoms with Gasteiger partial charge in [0.05, 0.1) is 19.8 Å². The summed E-state index contributed by atoms with van der Waals surface area (Å²) in [6.45, 7) is 3.36. The number of hydrogen-bond donors (Lipinski definition) is 1. The van der Waals surface area contributed by atoms with Crippen LogP contribution in [0.15, 0.2) is 24.3 Å². The van der Waals surface area contributed by atoms with Crippen LogP contribution in [0.1, 0.15) is 55.3 Å². The van der Waals surface area contributed by atoms with Gasteiger partial charge in [0.25, 0.3) is 0 Å². The van der Waals surface area contributed by atoms with E-state index in [2.05, 4.69) is 10.2 Å². The quantitative estimate of drug-likeness (QED) is 0.749. The van der Waals surface area contributed by atoms with Crippen LogP contribution in [0.5, 0.6) is 0 Å². The minimum absolute atomic E-state index is 0.0163. The van der Waals surface area contributed by atoms with E-state index < -0.39 is 0 Å². The highest BCUT2D eigenvalue weighted by molar-refractivity contribution is 5.99. The Kier molecular flexibility index (Phi) is 5.10. The zero-order valence-electron chi connectivity index (χ0n) is 17.2. The van der Waals surface area contributed by atoms with Crippen LogP contribution in [-0.2, 0) is 9.53 Å². The molecule has 0 radical (unpaired) electrons. The van der Waals surface area contributed by atoms with Gasteiger partial charge in [0, 0.05) is 30.8 Å². The van der Waals surface area contributed by atoms with Crippen LogP contribution in [0.2, 0.25) is 0 Å². The molecule has 6 rings (SSSR count). The minimum Gasteiger partial charge on any atom is -0.378 e. The first kappa shape index (κ1) is 19.1. The highest BCUT2D eigenvalue weighted by atomic mass is 16.5. The summed E-state index contributed by atoms with van der Waals surface area (Å²) >= 11 is 0. The van der Waals surface area contributed by atoms with Gasteiger partial charge in [0.1, 0.15) is 0 Å². The Morgan fingerprint density at radius 3 is 2.14 bits per heavy atom. The molecule has 1 saturated heterocycles. The largest absolute Gasteiger partial charge is 0.378 e. The zero-order chi connectivity index (χ0) is 19.8. The fraction of sp³-hybridized carbons (Fsp3) is 0.667. The van der Waals surface area contributed by atoms with E-state index in [1.54, 1.807) is 0 Å². The van der Waals surface area contributed by atoms with Crippen LogP contribution in [0.4, 0.5) is 5.69 Å². The molecule has 5 fully saturated rings. The Labute approximate surface area is 173 Å². The lowest BCUT2D eigenvalue weighted by Gasteiger charge is -2.56. The molecular formula is C24H32N2O3. The average molecular weight is 397 g/mol. The summed E-state index contributed by atoms with van der Waals surface area (Å²) in [5.74, 6) is 2.59. The van der Waals surface area contributed by atoms with Crippen molar-refractivity contribution in [1.82, 2.24) is 5.32 Å². The zero-order valence-corrected chi connectivity index (χ0v) is 17.2. The Balaban J connectivity index is 1.13. The second-order valence-corrected chi connectivity index (χ2v) is 9.94. The summed E-state index contributed by atoms with van der Waals surface area (Å²) < 4.78 is 5.39. The number of amides is 1. The normalized spacial score (nSPS) is 33.0. The van der Waals surface area contributed by atoms with E-state index in [0.29, 0.717) is 12.0 Å². The number of benzene rings is 1. The van der Waals surface area contributed by atoms with Crippen molar-refractivity contribution in [3.05, 3.63) is 29.8 Å². The predicted molar refractivity (Wildman–Crippen MR) is 112 cm³/mol. The molecule has 0 unspecified atom stereocenters. The molecule has 5 nitrogen and oxygen atoms in total. The molecule has 1 heterocycles. The number of morpholine rings is 1. The smallest absolute Gasteiger partial charge is 0.220 e. The monoisotopic (exact) mass is 396 g/mol. The first-order chi connectivity index (χ1) is 14.1. The Morgan fingerprint density at radius 2 is 1.55 bits per heavy atom. The number of ketones is 1. The number of carbonyl (C=O) groups is 2. The van der Waals surface area contributed by atoms with Crippen molar-refractivity contribution in [3.63, 3.8) is 0 Å². The molecule has 4 bridgehead atoms. The number of carbonyl (C=O) groups excluding carboxylic acids is 2. The number of hydrogen-bond acceptors (Lipinski definition) is 4. The van der Waals surface area contributed by atoms with Crippen molar-refractivity contribution in [2.24, 2.45) is 23.2 Å². The molecule has 0 spiro atoms. The van der Waals surface area contributed by atoms with Crippen LogP contribution >= 0.6 is 0 Å². The predicted octanol–water partition coefficient (Wildman–Crippen LogP) is 3.43. The number of Topliss-reactive ketones (excluding diaryl/α,β-unsaturated/α-hetero) is 1. The molecule has 1 N–H and O–H groups in total. The van der Waals surface area contributed by atoms with Crippen LogP contribution < -0.4 is 10.2 Å². The Morgan fingerprint density at radius 1 is 0.966 bits per heavy atom. The molecule has 1 amide bonds. The molecule has 5 heteroatoms. The molecule has 156 valence electrons. The van der Waals surface area contributed by atoms with Crippen LogP contribution in [0.25, 0.3) is 0 Å². The summed E-state index contributed by atoms with van der Waals surface area (Å²) in [5.41, 5.74) is 2.01. The molecule has 4 saturated carbocycles. The second-order valence-electron chi connectivity index (χ2n) is 9.94. The van der Waals surface area contributed by atoms with Gasteiger partial charge in [-0.25, -0.2) is 0 Å². The van der Waals surface area contributed by atoms with E-state index in [1.807, 2.05) is 24.3 Å². The van der Waals surface area contributed by atoms with E-state index in [4.69, 9.17) is 4.74 Å². The van der Waals surface area contributed by atoms with Crippen LogP contribution in [0, 0.1) is 23.2 Å². The minimum atomic E-state index is -0.0163. The van der Waals surface area contributed by atoms with Gasteiger partial charge in [-0.1, -0.05) is 0 Å². The summed E-state index contributed by atoms with van der Waals surface area (Å²) in [6, 6.07) is 7.74. The summed E-state index contributed by atoms with van der Waals surface area (Å²) in [6.07, 6.45) is 8.45. The third-order valence-electron chi connectivity index (χ3n) is 7.71. The van der Waals surface area contributed by atoms with Crippen LogP contribution in [0.3, 0.4) is 0 Å². The number of rotatable bonds is 6. The van der Waals surface area contributed by atoms with Gasteiger partial charge >= 0.3 is 0 Å². The van der Waals surface area contributed by atoms with E-state index in [1.165, 1.54) is 38.5 Å². The fourth-order valence-electron chi connectivity index (χ4n) is 6.87. The van der Waals surface area contributed by atoms with Crippen molar-refractivity contribution < 1.29 is 14.3 Å². The Hall–Kier alpha value is -1.88. The average Bonchev–Trinajstić information content (AvgIpc) is 2.71. The number of anilines is 1. The lowest BCUT2D eigenvalue weighted by molar-refractivity contribution is -0.129. The molecule has 1 aliphatic heterocycles. The van der Waals surface area contributed by atoms with Gasteiger partial charge in [-0.15, -0.1) is 0 Å². The maximum atomic E-state index is 12.6. The van der Waals surface area contributed by atoms with Gasteiger partial charge < -0.3 is 15.0 Å². The summed E-state index contributed by atoms with van der Waals surface area (Å²) in [5, 5.41) is 2.92. The number of ether oxygens (including phenoxy) is 1. The fourth-order valence-corrected chi connectivity index (χ4v) is 6.87. The molecule has 4 aliphatic carbocycles. The highest BCUT2D eigenvalue weighted by Gasteiger charge is 2.51. The van der Waals surface area contributed by atoms with Gasteiger partial charge in [-0.3, -0.25) is 9.59 Å². The van der Waals surface area contributed by atoms with Crippen molar-refractivity contribution in [1.29, 1.82) is 0 Å². The molecule has 1 aromatic rings. The summed E-state index contributed by atoms with van der Waals surface area (Å²) in [4.78, 5) is 27.5. The highest BCUT2D eigenvalue weighted by Crippen LogP contribution is 2.61. The van der Waals surface area contributed by atoms with E-state index in [9.17, 15) is 9.59 Å². The third-order valence-corrected chi connectivity index (χ3v) is 7.71. The SMILES string of the molecule is O=C(CC12CC3CC(CC(C3)C1)C2)NCC(=O)c1ccc(N2CCOCC2)cc1. The van der Waals surface area contributed by atoms with Crippen molar-refractivity contribution in [2.75, 3.05) is 37.7 Å². The molecule has 1 aromatic carbocycles. The van der Waals surface area contributed by atoms with Gasteiger partial charge in [-0.05, 0) is 86.0 Å². The second kappa shape index (κ2) is 7.75. The molecule has 0 aromatic heterocycles. The topological polar surface area (TPSA) is 58.6 Å².